The van der Waals surface area contributed by atoms with E-state index in [1.807, 2.05) is 19.0 Å². The van der Waals surface area contributed by atoms with Crippen LogP contribution < -0.4 is 20.1 Å². The maximum absolute atomic E-state index is 14.9. The van der Waals surface area contributed by atoms with Crippen LogP contribution in [0.2, 0.25) is 0 Å². The van der Waals surface area contributed by atoms with Gasteiger partial charge in [-0.3, -0.25) is 4.79 Å². The first-order valence-corrected chi connectivity index (χ1v) is 14.6. The van der Waals surface area contributed by atoms with Crippen molar-refractivity contribution >= 4 is 27.6 Å². The van der Waals surface area contributed by atoms with Crippen molar-refractivity contribution in [1.29, 1.82) is 0 Å². The Balaban J connectivity index is 0.00000616. The Bertz CT molecular complexity index is 1340. The van der Waals surface area contributed by atoms with Crippen LogP contribution in [0.1, 0.15) is 49.0 Å². The second-order valence-electron chi connectivity index (χ2n) is 9.91. The summed E-state index contributed by atoms with van der Waals surface area (Å²) in [5.74, 6) is -2.73. The van der Waals surface area contributed by atoms with Crippen LogP contribution in [0, 0.1) is 5.82 Å². The van der Waals surface area contributed by atoms with Crippen molar-refractivity contribution in [2.45, 2.75) is 51.4 Å². The van der Waals surface area contributed by atoms with E-state index in [0.29, 0.717) is 38.4 Å². The van der Waals surface area contributed by atoms with E-state index in [9.17, 15) is 30.8 Å². The Labute approximate surface area is 243 Å². The number of nitrogens with zero attached hydrogens (tertiary/aromatic N) is 4. The normalized spacial score (nSPS) is 17.5. The molecule has 0 radical (unpaired) electrons. The van der Waals surface area contributed by atoms with E-state index >= 15 is 0 Å². The van der Waals surface area contributed by atoms with Crippen LogP contribution in [0.3, 0.4) is 0 Å². The number of hydrogen-bond donors (Lipinski definition) is 2. The summed E-state index contributed by atoms with van der Waals surface area (Å²) in [6.45, 7) is 0.809. The van der Waals surface area contributed by atoms with Crippen LogP contribution in [-0.4, -0.2) is 93.2 Å². The number of rotatable bonds is 11. The molecule has 1 aromatic carbocycles. The summed E-state index contributed by atoms with van der Waals surface area (Å²) in [5, 5.41) is 5.22. The number of aromatic nitrogens is 2. The zero-order chi connectivity index (χ0) is 30.5. The van der Waals surface area contributed by atoms with Crippen molar-refractivity contribution in [2.75, 3.05) is 52.9 Å². The monoisotopic (exact) mass is 622 g/mol. The van der Waals surface area contributed by atoms with Gasteiger partial charge in [-0.2, -0.15) is 22.5 Å². The molecule has 2 aromatic rings. The lowest BCUT2D eigenvalue weighted by atomic mass is 9.92. The van der Waals surface area contributed by atoms with Gasteiger partial charge in [0, 0.05) is 32.4 Å². The lowest BCUT2D eigenvalue weighted by Gasteiger charge is -2.36. The number of methoxy groups -OCH3 is 1. The Morgan fingerprint density at radius 3 is 2.43 bits per heavy atom. The number of halogens is 4. The molecular formula is C26H38F4N6O5S. The topological polar surface area (TPSA) is 126 Å². The number of nitrogens with one attached hydrogen (secondary N) is 2. The number of ether oxygens (including phenoxy) is 2. The third-order valence-electron chi connectivity index (χ3n) is 6.60. The molecule has 1 aliphatic carbocycles. The Hall–Kier alpha value is -3.24. The average Bonchev–Trinajstić information content (AvgIpc) is 2.87. The molecule has 0 unspecified atom stereocenters. The minimum Gasteiger partial charge on any atom is -0.495 e. The zero-order valence-electron chi connectivity index (χ0n) is 23.4. The first-order valence-electron chi connectivity index (χ1n) is 12.7. The first kappa shape index (κ1) is 35.0. The smallest absolute Gasteiger partial charge is 0.423 e. The molecule has 0 bridgehead atoms. The van der Waals surface area contributed by atoms with Gasteiger partial charge in [0.05, 0.1) is 30.7 Å². The lowest BCUT2D eigenvalue weighted by molar-refractivity contribution is -0.140. The molecule has 1 saturated carbocycles. The van der Waals surface area contributed by atoms with Gasteiger partial charge in [0.15, 0.2) is 0 Å². The molecule has 42 heavy (non-hydrogen) atoms. The van der Waals surface area contributed by atoms with Gasteiger partial charge in [-0.15, -0.1) is 0 Å². The number of amides is 1. The van der Waals surface area contributed by atoms with Gasteiger partial charge in [-0.05, 0) is 39.4 Å². The third kappa shape index (κ3) is 8.88. The van der Waals surface area contributed by atoms with Crippen LogP contribution in [0.5, 0.6) is 11.6 Å². The van der Waals surface area contributed by atoms with Crippen molar-refractivity contribution in [3.05, 3.63) is 35.3 Å². The van der Waals surface area contributed by atoms with E-state index in [1.54, 1.807) is 0 Å². The van der Waals surface area contributed by atoms with E-state index in [0.717, 1.165) is 22.7 Å². The number of anilines is 2. The highest BCUT2D eigenvalue weighted by atomic mass is 32.2. The number of hydrogen-bond acceptors (Lipinski definition) is 9. The van der Waals surface area contributed by atoms with Crippen LogP contribution in [0.25, 0.3) is 0 Å². The minimum atomic E-state index is -4.87. The highest BCUT2D eigenvalue weighted by Crippen LogP contribution is 2.38. The molecule has 1 fully saturated rings. The maximum Gasteiger partial charge on any atom is 0.423 e. The molecule has 0 saturated heterocycles. The van der Waals surface area contributed by atoms with Gasteiger partial charge in [0.2, 0.25) is 21.9 Å². The van der Waals surface area contributed by atoms with E-state index < -0.39 is 51.5 Å². The summed E-state index contributed by atoms with van der Waals surface area (Å²) in [6.07, 6.45) is -2.21. The lowest BCUT2D eigenvalue weighted by Crippen LogP contribution is -2.48. The average molecular weight is 623 g/mol. The summed E-state index contributed by atoms with van der Waals surface area (Å²) in [7, 11) is 2.62. The summed E-state index contributed by atoms with van der Waals surface area (Å²) in [5.41, 5.74) is -1.59. The van der Waals surface area contributed by atoms with E-state index in [4.69, 9.17) is 9.47 Å². The van der Waals surface area contributed by atoms with E-state index in [2.05, 4.69) is 20.6 Å². The third-order valence-corrected chi connectivity index (χ3v) is 7.92. The molecule has 1 heterocycles. The molecule has 3 rings (SSSR count). The number of likely N-dealkylation sites (N-methyl/N-ethyl adjacent to an activating group) is 2. The summed E-state index contributed by atoms with van der Waals surface area (Å²) >= 11 is 0. The number of sulfonamides is 1. The highest BCUT2D eigenvalue weighted by Gasteiger charge is 2.40. The predicted molar refractivity (Wildman–Crippen MR) is 150 cm³/mol. The van der Waals surface area contributed by atoms with Crippen molar-refractivity contribution in [2.24, 2.45) is 0 Å². The minimum absolute atomic E-state index is 0. The fraction of sp³-hybridized carbons (Fsp3) is 0.577. The number of carbonyl (C=O) groups excluding carboxylic acids is 1. The van der Waals surface area contributed by atoms with Gasteiger partial charge in [-0.25, -0.2) is 17.8 Å². The molecular weight excluding hydrogens is 584 g/mol. The predicted octanol–water partition coefficient (Wildman–Crippen LogP) is 3.90. The maximum atomic E-state index is 14.9. The van der Waals surface area contributed by atoms with E-state index in [-0.39, 0.29) is 36.9 Å². The quantitative estimate of drug-likeness (QED) is 0.359. The fourth-order valence-corrected chi connectivity index (χ4v) is 5.07. The first-order chi connectivity index (χ1) is 19.1. The molecule has 0 aliphatic heterocycles. The SMILES string of the molecule is C.COc1cc(C(=O)NCCN(C)C)c(F)cc1Nc1ncc(C(F)(F)F)c(O[C@@H]2CCCC[C@H]2N(C)S(C)(=O)=O)n1. The highest BCUT2D eigenvalue weighted by molar-refractivity contribution is 7.88. The van der Waals surface area contributed by atoms with Gasteiger partial charge >= 0.3 is 6.18 Å². The molecule has 0 spiro atoms. The second kappa shape index (κ2) is 14.3. The fourth-order valence-electron chi connectivity index (χ4n) is 4.33. The van der Waals surface area contributed by atoms with Gasteiger partial charge in [-0.1, -0.05) is 13.8 Å². The Morgan fingerprint density at radius 2 is 1.83 bits per heavy atom. The molecule has 236 valence electrons. The molecule has 1 amide bonds. The standard InChI is InChI=1S/C25H34F4N6O5S.CH4/c1-34(2)11-10-30-22(36)15-12-21(39-4)18(13-17(15)26)32-24-31-14-16(25(27,28)29)23(33-24)40-20-9-7-6-8-19(20)35(3)41(5,37)38;/h12-14,19-20H,6-11H2,1-5H3,(H,30,36)(H,31,32,33);1H4/t19-,20-;/m1./s1. The molecule has 2 N–H and O–H groups in total. The molecule has 2 atom stereocenters. The Kier molecular flexibility index (Phi) is 11.9. The van der Waals surface area contributed by atoms with Crippen molar-refractivity contribution in [3.8, 4) is 11.6 Å². The largest absolute Gasteiger partial charge is 0.495 e. The zero-order valence-corrected chi connectivity index (χ0v) is 24.2. The molecule has 16 heteroatoms. The second-order valence-corrected chi connectivity index (χ2v) is 12.0. The summed E-state index contributed by atoms with van der Waals surface area (Å²) in [6, 6.07) is 1.40. The van der Waals surface area contributed by atoms with Crippen LogP contribution in [-0.2, 0) is 16.2 Å². The van der Waals surface area contributed by atoms with Crippen LogP contribution in [0.15, 0.2) is 18.3 Å². The molecule has 1 aromatic heterocycles. The van der Waals surface area contributed by atoms with E-state index in [1.165, 1.54) is 14.2 Å². The summed E-state index contributed by atoms with van der Waals surface area (Å²) < 4.78 is 92.7. The van der Waals surface area contributed by atoms with Crippen molar-refractivity contribution < 1.29 is 40.2 Å². The van der Waals surface area contributed by atoms with Gasteiger partial charge in [0.1, 0.15) is 23.2 Å². The van der Waals surface area contributed by atoms with Gasteiger partial charge in [0.25, 0.3) is 5.91 Å². The molecule has 11 nitrogen and oxygen atoms in total. The number of benzene rings is 1. The Morgan fingerprint density at radius 1 is 1.17 bits per heavy atom. The number of carbonyl (C=O) groups is 1. The van der Waals surface area contributed by atoms with Crippen molar-refractivity contribution in [3.63, 3.8) is 0 Å². The summed E-state index contributed by atoms with van der Waals surface area (Å²) in [4.78, 5) is 21.9. The van der Waals surface area contributed by atoms with Crippen molar-refractivity contribution in [1.82, 2.24) is 24.5 Å². The van der Waals surface area contributed by atoms with Gasteiger partial charge < -0.3 is 25.0 Å². The van der Waals surface area contributed by atoms with Crippen LogP contribution in [0.4, 0.5) is 29.2 Å². The van der Waals surface area contributed by atoms with Crippen LogP contribution >= 0.6 is 0 Å². The number of alkyl halides is 3. The molecule has 1 aliphatic rings.